The molecule has 0 aliphatic heterocycles. The third-order valence-electron chi connectivity index (χ3n) is 4.41. The van der Waals surface area contributed by atoms with Gasteiger partial charge >= 0.3 is 10.1 Å². The zero-order chi connectivity index (χ0) is 14.9. The molecule has 1 unspecified atom stereocenters. The highest BCUT2D eigenvalue weighted by atomic mass is 32.2. The van der Waals surface area contributed by atoms with Crippen LogP contribution in [-0.2, 0) is 10.1 Å². The number of rotatable bonds is 8. The lowest BCUT2D eigenvalue weighted by Crippen LogP contribution is -2.40. The molecule has 3 rings (SSSR count). The summed E-state index contributed by atoms with van der Waals surface area (Å²) in [6.07, 6.45) is 4.99. The van der Waals surface area contributed by atoms with Gasteiger partial charge in [-0.3, -0.25) is 4.90 Å². The number of nitrogens with zero attached hydrogens (tertiary/aromatic N) is 1. The van der Waals surface area contributed by atoms with Crippen molar-refractivity contribution < 1.29 is 12.6 Å². The molecule has 2 aliphatic carbocycles. The van der Waals surface area contributed by atoms with Crippen LogP contribution in [-0.4, -0.2) is 37.7 Å². The summed E-state index contributed by atoms with van der Waals surface area (Å²) in [6.45, 7) is 2.82. The van der Waals surface area contributed by atoms with Gasteiger partial charge in [0.2, 0.25) is 0 Å². The first-order valence-electron chi connectivity index (χ1n) is 7.78. The van der Waals surface area contributed by atoms with Crippen LogP contribution in [0.2, 0.25) is 0 Å². The van der Waals surface area contributed by atoms with Crippen molar-refractivity contribution in [1.82, 2.24) is 4.90 Å². The molecule has 1 atom stereocenters. The monoisotopic (exact) mass is 309 g/mol. The molecule has 0 amide bonds. The second kappa shape index (κ2) is 5.97. The molecule has 1 aromatic carbocycles. The van der Waals surface area contributed by atoms with Crippen molar-refractivity contribution in [2.75, 3.05) is 12.3 Å². The van der Waals surface area contributed by atoms with Gasteiger partial charge in [0.1, 0.15) is 5.75 Å². The van der Waals surface area contributed by atoms with Gasteiger partial charge in [0.25, 0.3) is 0 Å². The second-order valence-corrected chi connectivity index (χ2v) is 7.90. The first kappa shape index (κ1) is 14.9. The zero-order valence-electron chi connectivity index (χ0n) is 12.4. The molecule has 0 N–H and O–H groups in total. The van der Waals surface area contributed by atoms with E-state index < -0.39 is 10.1 Å². The standard InChI is InChI=1S/C16H23NO3S/c1-13(14-7-8-14)17(15-9-10-15)11-12-21(18,19)20-16-5-3-2-4-6-16/h2-6,13-15H,7-12H2,1H3. The van der Waals surface area contributed by atoms with Crippen LogP contribution in [0.15, 0.2) is 30.3 Å². The predicted molar refractivity (Wildman–Crippen MR) is 82.8 cm³/mol. The fourth-order valence-electron chi connectivity index (χ4n) is 2.86. The Morgan fingerprint density at radius 2 is 1.86 bits per heavy atom. The average molecular weight is 309 g/mol. The van der Waals surface area contributed by atoms with Crippen LogP contribution in [0.3, 0.4) is 0 Å². The van der Waals surface area contributed by atoms with E-state index >= 15 is 0 Å². The Bertz CT molecular complexity index is 564. The van der Waals surface area contributed by atoms with Gasteiger partial charge in [-0.25, -0.2) is 0 Å². The Labute approximate surface area is 127 Å². The molecule has 0 aromatic heterocycles. The van der Waals surface area contributed by atoms with Crippen molar-refractivity contribution in [3.8, 4) is 5.75 Å². The van der Waals surface area contributed by atoms with Crippen LogP contribution in [0.4, 0.5) is 0 Å². The summed E-state index contributed by atoms with van der Waals surface area (Å²) in [5.74, 6) is 1.23. The number of para-hydroxylation sites is 1. The largest absolute Gasteiger partial charge is 0.382 e. The summed E-state index contributed by atoms with van der Waals surface area (Å²) in [5.41, 5.74) is 0. The van der Waals surface area contributed by atoms with Crippen molar-refractivity contribution in [3.05, 3.63) is 30.3 Å². The molecule has 1 aromatic rings. The van der Waals surface area contributed by atoms with Crippen molar-refractivity contribution >= 4 is 10.1 Å². The molecular formula is C16H23NO3S. The molecule has 0 radical (unpaired) electrons. The Balaban J connectivity index is 1.57. The van der Waals surface area contributed by atoms with Crippen molar-refractivity contribution in [3.63, 3.8) is 0 Å². The lowest BCUT2D eigenvalue weighted by molar-refractivity contribution is 0.190. The van der Waals surface area contributed by atoms with E-state index in [1.165, 1.54) is 25.7 Å². The van der Waals surface area contributed by atoms with E-state index in [0.717, 1.165) is 5.92 Å². The molecule has 4 nitrogen and oxygen atoms in total. The number of hydrogen-bond donors (Lipinski definition) is 0. The molecule has 0 bridgehead atoms. The van der Waals surface area contributed by atoms with Gasteiger partial charge in [0.05, 0.1) is 5.75 Å². The third-order valence-corrected chi connectivity index (χ3v) is 5.54. The van der Waals surface area contributed by atoms with E-state index in [9.17, 15) is 8.42 Å². The summed E-state index contributed by atoms with van der Waals surface area (Å²) in [5, 5.41) is 0. The maximum atomic E-state index is 12.1. The average Bonchev–Trinajstić information content (AvgIpc) is 3.31. The third kappa shape index (κ3) is 4.20. The molecule has 0 heterocycles. The summed E-state index contributed by atoms with van der Waals surface area (Å²) in [4.78, 5) is 2.38. The molecule has 2 fully saturated rings. The molecule has 21 heavy (non-hydrogen) atoms. The molecule has 2 saturated carbocycles. The van der Waals surface area contributed by atoms with Gasteiger partial charge in [-0.05, 0) is 50.7 Å². The lowest BCUT2D eigenvalue weighted by Gasteiger charge is -2.29. The fraction of sp³-hybridized carbons (Fsp3) is 0.625. The first-order chi connectivity index (χ1) is 10.1. The van der Waals surface area contributed by atoms with Crippen LogP contribution >= 0.6 is 0 Å². The van der Waals surface area contributed by atoms with Crippen molar-refractivity contribution in [1.29, 1.82) is 0 Å². The first-order valence-corrected chi connectivity index (χ1v) is 9.36. The van der Waals surface area contributed by atoms with Crippen molar-refractivity contribution in [2.24, 2.45) is 5.92 Å². The Hall–Kier alpha value is -1.07. The van der Waals surface area contributed by atoms with E-state index in [4.69, 9.17) is 4.18 Å². The molecule has 0 spiro atoms. The summed E-state index contributed by atoms with van der Waals surface area (Å²) in [7, 11) is -3.52. The zero-order valence-corrected chi connectivity index (χ0v) is 13.3. The molecule has 2 aliphatic rings. The van der Waals surface area contributed by atoms with E-state index in [1.54, 1.807) is 24.3 Å². The lowest BCUT2D eigenvalue weighted by atomic mass is 10.2. The predicted octanol–water partition coefficient (Wildman–Crippen LogP) is 2.66. The Morgan fingerprint density at radius 3 is 2.43 bits per heavy atom. The highest BCUT2D eigenvalue weighted by Crippen LogP contribution is 2.39. The Morgan fingerprint density at radius 1 is 1.19 bits per heavy atom. The fourth-order valence-corrected chi connectivity index (χ4v) is 3.78. The molecular weight excluding hydrogens is 286 g/mol. The molecule has 116 valence electrons. The van der Waals surface area contributed by atoms with Gasteiger partial charge < -0.3 is 4.18 Å². The van der Waals surface area contributed by atoms with Crippen LogP contribution in [0.5, 0.6) is 5.75 Å². The van der Waals surface area contributed by atoms with E-state index in [-0.39, 0.29) is 5.75 Å². The summed E-state index contributed by atoms with van der Waals surface area (Å²) in [6, 6.07) is 9.82. The van der Waals surface area contributed by atoms with Gasteiger partial charge in [-0.1, -0.05) is 18.2 Å². The number of hydrogen-bond acceptors (Lipinski definition) is 4. The normalized spacial score (nSPS) is 20.5. The van der Waals surface area contributed by atoms with Crippen LogP contribution in [0, 0.1) is 5.92 Å². The van der Waals surface area contributed by atoms with E-state index in [0.29, 0.717) is 24.4 Å². The quantitative estimate of drug-likeness (QED) is 0.693. The van der Waals surface area contributed by atoms with Gasteiger partial charge in [-0.2, -0.15) is 8.42 Å². The minimum absolute atomic E-state index is 0.0649. The maximum absolute atomic E-state index is 12.1. The summed E-state index contributed by atoms with van der Waals surface area (Å²) >= 11 is 0. The van der Waals surface area contributed by atoms with Gasteiger partial charge in [0.15, 0.2) is 0 Å². The van der Waals surface area contributed by atoms with Gasteiger partial charge in [-0.15, -0.1) is 0 Å². The van der Waals surface area contributed by atoms with Gasteiger partial charge in [0, 0.05) is 18.6 Å². The van der Waals surface area contributed by atoms with Crippen LogP contribution in [0.25, 0.3) is 0 Å². The minimum atomic E-state index is -3.52. The number of benzene rings is 1. The highest BCUT2D eigenvalue weighted by molar-refractivity contribution is 7.87. The molecule has 0 saturated heterocycles. The van der Waals surface area contributed by atoms with Crippen molar-refractivity contribution in [2.45, 2.75) is 44.7 Å². The van der Waals surface area contributed by atoms with Crippen LogP contribution in [0.1, 0.15) is 32.6 Å². The summed E-state index contributed by atoms with van der Waals surface area (Å²) < 4.78 is 29.4. The Kier molecular flexibility index (Phi) is 4.22. The van der Waals surface area contributed by atoms with Crippen LogP contribution < -0.4 is 4.18 Å². The topological polar surface area (TPSA) is 46.6 Å². The SMILES string of the molecule is CC(C1CC1)N(CCS(=O)(=O)Oc1ccccc1)C1CC1. The smallest absolute Gasteiger partial charge is 0.310 e. The van der Waals surface area contributed by atoms with E-state index in [2.05, 4.69) is 11.8 Å². The second-order valence-electron chi connectivity index (χ2n) is 6.21. The van der Waals surface area contributed by atoms with E-state index in [1.807, 2.05) is 6.07 Å². The molecule has 5 heteroatoms. The highest BCUT2D eigenvalue weighted by Gasteiger charge is 2.39. The minimum Gasteiger partial charge on any atom is -0.382 e. The maximum Gasteiger partial charge on any atom is 0.310 e.